The van der Waals surface area contributed by atoms with Crippen molar-refractivity contribution in [2.75, 3.05) is 7.11 Å². The van der Waals surface area contributed by atoms with Crippen LogP contribution in [0.2, 0.25) is 5.02 Å². The predicted molar refractivity (Wildman–Crippen MR) is 111 cm³/mol. The van der Waals surface area contributed by atoms with E-state index in [4.69, 9.17) is 21.1 Å². The summed E-state index contributed by atoms with van der Waals surface area (Å²) in [6.45, 7) is 0. The van der Waals surface area contributed by atoms with Crippen molar-refractivity contribution in [1.82, 2.24) is 9.97 Å². The molecule has 0 aliphatic heterocycles. The fourth-order valence-corrected chi connectivity index (χ4v) is 3.15. The second-order valence-electron chi connectivity index (χ2n) is 6.18. The highest BCUT2D eigenvalue weighted by atomic mass is 35.5. The smallest absolute Gasteiger partial charge is 0.343 e. The lowest BCUT2D eigenvalue weighted by molar-refractivity contribution is 0.0730. The van der Waals surface area contributed by atoms with Crippen LogP contribution in [-0.2, 0) is 0 Å². The van der Waals surface area contributed by atoms with Crippen molar-refractivity contribution >= 4 is 28.5 Å². The van der Waals surface area contributed by atoms with E-state index in [1.807, 2.05) is 0 Å². The summed E-state index contributed by atoms with van der Waals surface area (Å²) in [7, 11) is 1.44. The first-order valence-electron chi connectivity index (χ1n) is 8.71. The van der Waals surface area contributed by atoms with Gasteiger partial charge in [0.05, 0.1) is 28.6 Å². The summed E-state index contributed by atoms with van der Waals surface area (Å²) in [6.07, 6.45) is 0. The van der Waals surface area contributed by atoms with E-state index >= 15 is 0 Å². The molecule has 1 aromatic heterocycles. The Morgan fingerprint density at radius 2 is 1.76 bits per heavy atom. The number of halogens is 1. The SMILES string of the molecule is COc1cc(-c2nc3ccccc3c(=O)[nH]2)cc(Cl)c1OC(=O)c1ccccc1. The minimum atomic E-state index is -0.559. The second kappa shape index (κ2) is 7.77. The third-order valence-electron chi connectivity index (χ3n) is 4.32. The Kier molecular flexibility index (Phi) is 5.01. The van der Waals surface area contributed by atoms with Crippen molar-refractivity contribution in [1.29, 1.82) is 0 Å². The number of H-pyrrole nitrogens is 1. The molecule has 0 amide bonds. The molecule has 3 aromatic carbocycles. The van der Waals surface area contributed by atoms with Gasteiger partial charge in [0, 0.05) is 5.56 Å². The molecule has 0 saturated heterocycles. The standard InChI is InChI=1S/C22H15ClN2O4/c1-28-18-12-14(20-24-17-10-6-5-9-15(17)21(26)25-20)11-16(23)19(18)29-22(27)13-7-3-2-4-8-13/h2-12H,1H3,(H,24,25,26). The Morgan fingerprint density at radius 1 is 1.03 bits per heavy atom. The summed E-state index contributed by atoms with van der Waals surface area (Å²) >= 11 is 6.38. The zero-order valence-corrected chi connectivity index (χ0v) is 16.1. The van der Waals surface area contributed by atoms with Gasteiger partial charge in [-0.25, -0.2) is 9.78 Å². The maximum Gasteiger partial charge on any atom is 0.343 e. The Bertz CT molecular complexity index is 1270. The first-order valence-corrected chi connectivity index (χ1v) is 9.09. The molecule has 0 aliphatic rings. The molecule has 0 saturated carbocycles. The number of aromatic amines is 1. The van der Waals surface area contributed by atoms with E-state index in [-0.39, 0.29) is 22.1 Å². The van der Waals surface area contributed by atoms with Crippen molar-refractivity contribution in [2.45, 2.75) is 0 Å². The van der Waals surface area contributed by atoms with Crippen molar-refractivity contribution in [3.63, 3.8) is 0 Å². The third kappa shape index (κ3) is 3.70. The van der Waals surface area contributed by atoms with Gasteiger partial charge in [-0.15, -0.1) is 0 Å². The quantitative estimate of drug-likeness (QED) is 0.399. The normalized spacial score (nSPS) is 10.7. The molecule has 4 aromatic rings. The molecule has 0 unspecified atom stereocenters. The number of aromatic nitrogens is 2. The van der Waals surface area contributed by atoms with Crippen LogP contribution in [0, 0.1) is 0 Å². The number of fused-ring (bicyclic) bond motifs is 1. The number of rotatable bonds is 4. The van der Waals surface area contributed by atoms with Gasteiger partial charge in [0.25, 0.3) is 5.56 Å². The molecule has 144 valence electrons. The van der Waals surface area contributed by atoms with Gasteiger partial charge in [0.1, 0.15) is 5.82 Å². The van der Waals surface area contributed by atoms with Crippen LogP contribution in [0.3, 0.4) is 0 Å². The average molecular weight is 407 g/mol. The second-order valence-corrected chi connectivity index (χ2v) is 6.58. The van der Waals surface area contributed by atoms with Crippen LogP contribution in [0.5, 0.6) is 11.5 Å². The monoisotopic (exact) mass is 406 g/mol. The highest BCUT2D eigenvalue weighted by Crippen LogP contribution is 2.39. The van der Waals surface area contributed by atoms with Crippen LogP contribution < -0.4 is 15.0 Å². The summed E-state index contributed by atoms with van der Waals surface area (Å²) in [6, 6.07) is 18.7. The van der Waals surface area contributed by atoms with Gasteiger partial charge in [-0.2, -0.15) is 0 Å². The van der Waals surface area contributed by atoms with E-state index in [1.165, 1.54) is 7.11 Å². The zero-order chi connectivity index (χ0) is 20.4. The lowest BCUT2D eigenvalue weighted by Crippen LogP contribution is -2.11. The van der Waals surface area contributed by atoms with Crippen molar-refractivity contribution in [2.24, 2.45) is 0 Å². The number of nitrogens with one attached hydrogen (secondary N) is 1. The maximum atomic E-state index is 12.4. The number of hydrogen-bond donors (Lipinski definition) is 1. The lowest BCUT2D eigenvalue weighted by atomic mass is 10.1. The molecule has 29 heavy (non-hydrogen) atoms. The van der Waals surface area contributed by atoms with Crippen LogP contribution in [-0.4, -0.2) is 23.0 Å². The maximum absolute atomic E-state index is 12.4. The van der Waals surface area contributed by atoms with E-state index in [0.717, 1.165) is 0 Å². The van der Waals surface area contributed by atoms with Crippen LogP contribution in [0.15, 0.2) is 71.5 Å². The highest BCUT2D eigenvalue weighted by molar-refractivity contribution is 6.32. The van der Waals surface area contributed by atoms with Gasteiger partial charge < -0.3 is 14.5 Å². The van der Waals surface area contributed by atoms with Gasteiger partial charge in [-0.1, -0.05) is 41.9 Å². The van der Waals surface area contributed by atoms with Crippen molar-refractivity contribution in [3.05, 3.63) is 87.7 Å². The third-order valence-corrected chi connectivity index (χ3v) is 4.60. The van der Waals surface area contributed by atoms with Gasteiger partial charge in [0.2, 0.25) is 0 Å². The first-order chi connectivity index (χ1) is 14.1. The summed E-state index contributed by atoms with van der Waals surface area (Å²) in [5.74, 6) is 0.105. The molecule has 6 nitrogen and oxygen atoms in total. The fourth-order valence-electron chi connectivity index (χ4n) is 2.90. The number of benzene rings is 3. The molecule has 7 heteroatoms. The van der Waals surface area contributed by atoms with Crippen molar-refractivity contribution in [3.8, 4) is 22.9 Å². The van der Waals surface area contributed by atoms with Gasteiger partial charge in [0.15, 0.2) is 11.5 Å². The molecule has 0 bridgehead atoms. The summed E-state index contributed by atoms with van der Waals surface area (Å²) in [4.78, 5) is 32.0. The van der Waals surface area contributed by atoms with Gasteiger partial charge in [-0.05, 0) is 36.4 Å². The average Bonchev–Trinajstić information content (AvgIpc) is 2.75. The molecule has 0 aliphatic carbocycles. The number of esters is 1. The highest BCUT2D eigenvalue weighted by Gasteiger charge is 2.18. The zero-order valence-electron chi connectivity index (χ0n) is 15.3. The topological polar surface area (TPSA) is 81.3 Å². The molecular formula is C22H15ClN2O4. The minimum absolute atomic E-state index is 0.0925. The number of methoxy groups -OCH3 is 1. The molecule has 0 atom stereocenters. The van der Waals surface area contributed by atoms with Crippen molar-refractivity contribution < 1.29 is 14.3 Å². The van der Waals surface area contributed by atoms with E-state index in [9.17, 15) is 9.59 Å². The molecule has 0 radical (unpaired) electrons. The number of ether oxygens (including phenoxy) is 2. The number of nitrogens with zero attached hydrogens (tertiary/aromatic N) is 1. The van der Waals surface area contributed by atoms with Crippen LogP contribution in [0.1, 0.15) is 10.4 Å². The Morgan fingerprint density at radius 3 is 2.52 bits per heavy atom. The number of carbonyl (C=O) groups is 1. The largest absolute Gasteiger partial charge is 0.493 e. The number of carbonyl (C=O) groups excluding carboxylic acids is 1. The lowest BCUT2D eigenvalue weighted by Gasteiger charge is -2.13. The van der Waals surface area contributed by atoms with Gasteiger partial charge >= 0.3 is 5.97 Å². The van der Waals surface area contributed by atoms with Crippen LogP contribution in [0.4, 0.5) is 0 Å². The number of hydrogen-bond acceptors (Lipinski definition) is 5. The van der Waals surface area contributed by atoms with E-state index < -0.39 is 5.97 Å². The fraction of sp³-hybridized carbons (Fsp3) is 0.0455. The summed E-state index contributed by atoms with van der Waals surface area (Å²) < 4.78 is 10.8. The van der Waals surface area contributed by atoms with Crippen LogP contribution >= 0.6 is 11.6 Å². The Labute approximate surface area is 170 Å². The Balaban J connectivity index is 1.75. The first kappa shape index (κ1) is 18.7. The van der Waals surface area contributed by atoms with E-state index in [2.05, 4.69) is 9.97 Å². The minimum Gasteiger partial charge on any atom is -0.493 e. The summed E-state index contributed by atoms with van der Waals surface area (Å²) in [5.41, 5.74) is 1.20. The van der Waals surface area contributed by atoms with E-state index in [1.54, 1.807) is 66.7 Å². The summed E-state index contributed by atoms with van der Waals surface area (Å²) in [5, 5.41) is 0.641. The molecular weight excluding hydrogens is 392 g/mol. The molecule has 0 fully saturated rings. The molecule has 0 spiro atoms. The molecule has 1 heterocycles. The number of para-hydroxylation sites is 1. The Hall–Kier alpha value is -3.64. The molecule has 1 N–H and O–H groups in total. The van der Waals surface area contributed by atoms with Gasteiger partial charge in [-0.3, -0.25) is 4.79 Å². The predicted octanol–water partition coefficient (Wildman–Crippen LogP) is 4.47. The molecule has 4 rings (SSSR count). The van der Waals surface area contributed by atoms with Crippen LogP contribution in [0.25, 0.3) is 22.3 Å². The van der Waals surface area contributed by atoms with E-state index in [0.29, 0.717) is 27.9 Å².